The maximum Gasteiger partial charge on any atom is 0.282 e. The zero-order valence-corrected chi connectivity index (χ0v) is 11.2. The van der Waals surface area contributed by atoms with E-state index >= 15 is 0 Å². The number of amides is 1. The monoisotopic (exact) mass is 278 g/mol. The van der Waals surface area contributed by atoms with E-state index in [9.17, 15) is 20.0 Å². The number of nitro groups is 1. The molecule has 0 unspecified atom stereocenters. The van der Waals surface area contributed by atoms with E-state index in [1.807, 2.05) is 0 Å². The molecule has 6 nitrogen and oxygen atoms in total. The molecule has 1 aromatic rings. The van der Waals surface area contributed by atoms with Gasteiger partial charge in [0.2, 0.25) is 0 Å². The summed E-state index contributed by atoms with van der Waals surface area (Å²) >= 11 is 0. The van der Waals surface area contributed by atoms with Gasteiger partial charge in [0.1, 0.15) is 5.56 Å². The van der Waals surface area contributed by atoms with Gasteiger partial charge >= 0.3 is 0 Å². The van der Waals surface area contributed by atoms with Crippen LogP contribution in [0.4, 0.5) is 5.69 Å². The van der Waals surface area contributed by atoms with Crippen LogP contribution in [0.2, 0.25) is 0 Å². The number of carbonyl (C=O) groups excluding carboxylic acids is 1. The van der Waals surface area contributed by atoms with E-state index in [4.69, 9.17) is 0 Å². The molecule has 0 aromatic heterocycles. The van der Waals surface area contributed by atoms with Crippen LogP contribution in [0.15, 0.2) is 24.3 Å². The molecule has 1 aromatic carbocycles. The van der Waals surface area contributed by atoms with Crippen molar-refractivity contribution in [3.05, 3.63) is 39.9 Å². The minimum absolute atomic E-state index is 0.0319. The van der Waals surface area contributed by atoms with E-state index in [1.54, 1.807) is 6.07 Å². The van der Waals surface area contributed by atoms with Gasteiger partial charge in [0.25, 0.3) is 11.6 Å². The number of nitro benzene ring substituents is 1. The molecular formula is C14H18N2O4. The van der Waals surface area contributed by atoms with Crippen LogP contribution in [0.5, 0.6) is 0 Å². The van der Waals surface area contributed by atoms with Crippen LogP contribution in [0.1, 0.15) is 36.0 Å². The molecule has 2 rings (SSSR count). The first-order chi connectivity index (χ1) is 9.58. The molecule has 6 heteroatoms. The Morgan fingerprint density at radius 1 is 1.35 bits per heavy atom. The number of carbonyl (C=O) groups is 1. The maximum absolute atomic E-state index is 12.1. The van der Waals surface area contributed by atoms with Gasteiger partial charge in [0, 0.05) is 18.0 Å². The fourth-order valence-corrected chi connectivity index (χ4v) is 2.70. The van der Waals surface area contributed by atoms with Crippen LogP contribution in [0, 0.1) is 15.5 Å². The fourth-order valence-electron chi connectivity index (χ4n) is 2.70. The van der Waals surface area contributed by atoms with Gasteiger partial charge in [-0.25, -0.2) is 0 Å². The van der Waals surface area contributed by atoms with Crippen LogP contribution in [0.25, 0.3) is 0 Å². The number of aliphatic hydroxyl groups is 1. The Morgan fingerprint density at radius 2 is 2.00 bits per heavy atom. The number of para-hydroxylation sites is 1. The fraction of sp³-hybridized carbons (Fsp3) is 0.500. The second kappa shape index (κ2) is 6.00. The smallest absolute Gasteiger partial charge is 0.282 e. The van der Waals surface area contributed by atoms with Crippen molar-refractivity contribution in [2.24, 2.45) is 5.41 Å². The lowest BCUT2D eigenvalue weighted by Gasteiger charge is -2.26. The molecule has 2 N–H and O–H groups in total. The third kappa shape index (κ3) is 2.96. The van der Waals surface area contributed by atoms with Crippen molar-refractivity contribution in [1.82, 2.24) is 5.32 Å². The third-order valence-corrected chi connectivity index (χ3v) is 3.97. The zero-order chi connectivity index (χ0) is 14.6. The second-order valence-electron chi connectivity index (χ2n) is 5.32. The third-order valence-electron chi connectivity index (χ3n) is 3.97. The van der Waals surface area contributed by atoms with Crippen LogP contribution in [0.3, 0.4) is 0 Å². The molecule has 20 heavy (non-hydrogen) atoms. The van der Waals surface area contributed by atoms with Crippen molar-refractivity contribution in [1.29, 1.82) is 0 Å². The second-order valence-corrected chi connectivity index (χ2v) is 5.32. The van der Waals surface area contributed by atoms with Gasteiger partial charge in [-0.05, 0) is 18.9 Å². The van der Waals surface area contributed by atoms with E-state index < -0.39 is 10.8 Å². The number of aliphatic hydroxyl groups excluding tert-OH is 1. The molecule has 0 aliphatic heterocycles. The van der Waals surface area contributed by atoms with Gasteiger partial charge in [-0.1, -0.05) is 25.0 Å². The van der Waals surface area contributed by atoms with E-state index in [0.717, 1.165) is 25.7 Å². The lowest BCUT2D eigenvalue weighted by Crippen LogP contribution is -2.38. The van der Waals surface area contributed by atoms with Gasteiger partial charge < -0.3 is 10.4 Å². The summed E-state index contributed by atoms with van der Waals surface area (Å²) in [6.45, 7) is 0.387. The minimum atomic E-state index is -0.563. The van der Waals surface area contributed by atoms with E-state index in [2.05, 4.69) is 5.32 Å². The highest BCUT2D eigenvalue weighted by molar-refractivity contribution is 5.98. The van der Waals surface area contributed by atoms with Crippen molar-refractivity contribution in [2.75, 3.05) is 13.2 Å². The molecule has 0 heterocycles. The van der Waals surface area contributed by atoms with E-state index in [1.165, 1.54) is 18.2 Å². The van der Waals surface area contributed by atoms with Gasteiger partial charge in [-0.15, -0.1) is 0 Å². The van der Waals surface area contributed by atoms with Gasteiger partial charge in [0.05, 0.1) is 11.5 Å². The molecule has 1 aliphatic carbocycles. The Morgan fingerprint density at radius 3 is 2.60 bits per heavy atom. The molecule has 1 amide bonds. The van der Waals surface area contributed by atoms with Gasteiger partial charge in [0.15, 0.2) is 0 Å². The first-order valence-corrected chi connectivity index (χ1v) is 6.70. The summed E-state index contributed by atoms with van der Waals surface area (Å²) in [5, 5.41) is 23.1. The van der Waals surface area contributed by atoms with Crippen LogP contribution >= 0.6 is 0 Å². The molecule has 0 spiro atoms. The summed E-state index contributed by atoms with van der Waals surface area (Å²) in [5.41, 5.74) is -0.405. The topological polar surface area (TPSA) is 92.5 Å². The normalized spacial score (nSPS) is 16.9. The standard InChI is InChI=1S/C14H18N2O4/c17-10-14(7-3-4-8-14)9-15-13(18)11-5-1-2-6-12(11)16(19)20/h1-2,5-6,17H,3-4,7-10H2,(H,15,18). The lowest BCUT2D eigenvalue weighted by atomic mass is 9.87. The molecule has 0 bridgehead atoms. The van der Waals surface area contributed by atoms with E-state index in [0.29, 0.717) is 6.54 Å². The SMILES string of the molecule is O=C(NCC1(CO)CCCC1)c1ccccc1[N+](=O)[O-]. The Kier molecular flexibility index (Phi) is 4.34. The summed E-state index contributed by atoms with van der Waals surface area (Å²) in [5.74, 6) is -0.461. The highest BCUT2D eigenvalue weighted by Gasteiger charge is 2.34. The summed E-state index contributed by atoms with van der Waals surface area (Å²) in [7, 11) is 0. The number of nitrogens with zero attached hydrogens (tertiary/aromatic N) is 1. The molecule has 0 atom stereocenters. The van der Waals surface area contributed by atoms with Crippen molar-refractivity contribution < 1.29 is 14.8 Å². The molecule has 0 radical (unpaired) electrons. The summed E-state index contributed by atoms with van der Waals surface area (Å²) < 4.78 is 0. The minimum Gasteiger partial charge on any atom is -0.396 e. The quantitative estimate of drug-likeness (QED) is 0.635. The summed E-state index contributed by atoms with van der Waals surface area (Å²) in [6.07, 6.45) is 3.84. The Balaban J connectivity index is 2.07. The Labute approximate surface area is 117 Å². The average Bonchev–Trinajstić information content (AvgIpc) is 2.94. The molecule has 1 aliphatic rings. The largest absolute Gasteiger partial charge is 0.396 e. The maximum atomic E-state index is 12.1. The van der Waals surface area contributed by atoms with Gasteiger partial charge in [-0.2, -0.15) is 0 Å². The highest BCUT2D eigenvalue weighted by Crippen LogP contribution is 2.37. The lowest BCUT2D eigenvalue weighted by molar-refractivity contribution is -0.385. The number of benzene rings is 1. The van der Waals surface area contributed by atoms with Crippen molar-refractivity contribution in [2.45, 2.75) is 25.7 Å². The first kappa shape index (κ1) is 14.5. The van der Waals surface area contributed by atoms with Crippen LogP contribution < -0.4 is 5.32 Å². The van der Waals surface area contributed by atoms with Crippen LogP contribution in [-0.2, 0) is 0 Å². The number of nitrogens with one attached hydrogen (secondary N) is 1. The molecular weight excluding hydrogens is 260 g/mol. The highest BCUT2D eigenvalue weighted by atomic mass is 16.6. The Bertz CT molecular complexity index is 510. The number of hydrogen-bond acceptors (Lipinski definition) is 4. The number of rotatable bonds is 5. The molecule has 1 fully saturated rings. The van der Waals surface area contributed by atoms with Crippen LogP contribution in [-0.4, -0.2) is 29.1 Å². The predicted molar refractivity (Wildman–Crippen MR) is 73.4 cm³/mol. The molecule has 1 saturated carbocycles. The number of hydrogen-bond donors (Lipinski definition) is 2. The summed E-state index contributed by atoms with van der Waals surface area (Å²) in [6, 6.07) is 5.88. The van der Waals surface area contributed by atoms with E-state index in [-0.39, 0.29) is 23.3 Å². The first-order valence-electron chi connectivity index (χ1n) is 6.70. The Hall–Kier alpha value is -1.95. The van der Waals surface area contributed by atoms with Crippen molar-refractivity contribution in [3.8, 4) is 0 Å². The van der Waals surface area contributed by atoms with Crippen molar-refractivity contribution >= 4 is 11.6 Å². The molecule has 108 valence electrons. The average molecular weight is 278 g/mol. The predicted octanol–water partition coefficient (Wildman–Crippen LogP) is 1.88. The molecule has 0 saturated heterocycles. The summed E-state index contributed by atoms with van der Waals surface area (Å²) in [4.78, 5) is 22.4. The zero-order valence-electron chi connectivity index (χ0n) is 11.2. The van der Waals surface area contributed by atoms with Gasteiger partial charge in [-0.3, -0.25) is 14.9 Å². The van der Waals surface area contributed by atoms with Crippen molar-refractivity contribution in [3.63, 3.8) is 0 Å².